The van der Waals surface area contributed by atoms with E-state index in [0.29, 0.717) is 0 Å². The highest BCUT2D eigenvalue weighted by Gasteiger charge is 2.30. The SMILES string of the molecule is CC(C)Oc1cc(OC(C)C)c2c(c1I)C[C@H](C)O[C@H]2C. The molecule has 0 amide bonds. The van der Waals surface area contributed by atoms with E-state index in [9.17, 15) is 0 Å². The molecule has 0 spiro atoms. The fourth-order valence-corrected chi connectivity index (χ4v) is 3.56. The van der Waals surface area contributed by atoms with Crippen LogP contribution in [0, 0.1) is 3.57 Å². The van der Waals surface area contributed by atoms with E-state index in [1.165, 1.54) is 14.7 Å². The third-order valence-electron chi connectivity index (χ3n) is 3.39. The van der Waals surface area contributed by atoms with E-state index < -0.39 is 0 Å². The van der Waals surface area contributed by atoms with Crippen LogP contribution in [0.15, 0.2) is 6.07 Å². The molecule has 0 saturated heterocycles. The largest absolute Gasteiger partial charge is 0.490 e. The van der Waals surface area contributed by atoms with Gasteiger partial charge in [-0.2, -0.15) is 0 Å². The third kappa shape index (κ3) is 3.83. The summed E-state index contributed by atoms with van der Waals surface area (Å²) in [6.45, 7) is 12.4. The minimum Gasteiger partial charge on any atom is -0.490 e. The third-order valence-corrected chi connectivity index (χ3v) is 4.58. The average Bonchev–Trinajstić information content (AvgIpc) is 2.32. The van der Waals surface area contributed by atoms with Crippen LogP contribution in [0.25, 0.3) is 0 Å². The van der Waals surface area contributed by atoms with Crippen molar-refractivity contribution >= 4 is 22.6 Å². The van der Waals surface area contributed by atoms with Crippen molar-refractivity contribution in [2.75, 3.05) is 0 Å². The molecule has 118 valence electrons. The van der Waals surface area contributed by atoms with Crippen LogP contribution in [-0.2, 0) is 11.2 Å². The molecule has 1 aromatic rings. The maximum atomic E-state index is 6.03. The Kier molecular flexibility index (Phi) is 5.41. The maximum Gasteiger partial charge on any atom is 0.137 e. The summed E-state index contributed by atoms with van der Waals surface area (Å²) in [5.74, 6) is 1.82. The standard InChI is InChI=1S/C17H25IO3/c1-9(2)19-14-8-15(20-10(3)4)17(18)13-7-11(5)21-12(6)16(13)14/h8-12H,7H2,1-6H3/t11-,12-/m0/s1. The molecule has 2 rings (SSSR count). The molecule has 0 aliphatic carbocycles. The molecule has 2 atom stereocenters. The number of hydrogen-bond acceptors (Lipinski definition) is 3. The summed E-state index contributed by atoms with van der Waals surface area (Å²) in [6.07, 6.45) is 1.47. The lowest BCUT2D eigenvalue weighted by Crippen LogP contribution is -2.25. The molecule has 4 heteroatoms. The first-order valence-electron chi connectivity index (χ1n) is 7.63. The first-order valence-corrected chi connectivity index (χ1v) is 8.71. The van der Waals surface area contributed by atoms with Crippen LogP contribution in [0.3, 0.4) is 0 Å². The molecular formula is C17H25IO3. The van der Waals surface area contributed by atoms with Crippen molar-refractivity contribution in [1.29, 1.82) is 0 Å². The van der Waals surface area contributed by atoms with E-state index in [4.69, 9.17) is 14.2 Å². The van der Waals surface area contributed by atoms with Crippen LogP contribution >= 0.6 is 22.6 Å². The lowest BCUT2D eigenvalue weighted by Gasteiger charge is -2.32. The van der Waals surface area contributed by atoms with E-state index in [0.717, 1.165) is 17.9 Å². The van der Waals surface area contributed by atoms with E-state index in [1.807, 2.05) is 33.8 Å². The summed E-state index contributed by atoms with van der Waals surface area (Å²) >= 11 is 2.39. The normalized spacial score (nSPS) is 21.6. The second-order valence-corrected chi connectivity index (χ2v) is 7.28. The summed E-state index contributed by atoms with van der Waals surface area (Å²) in [5, 5.41) is 0. The van der Waals surface area contributed by atoms with Crippen molar-refractivity contribution in [1.82, 2.24) is 0 Å². The van der Waals surface area contributed by atoms with Gasteiger partial charge in [0.15, 0.2) is 0 Å². The van der Waals surface area contributed by atoms with Crippen molar-refractivity contribution in [3.8, 4) is 11.5 Å². The fourth-order valence-electron chi connectivity index (χ4n) is 2.76. The lowest BCUT2D eigenvalue weighted by molar-refractivity contribution is -0.00720. The first kappa shape index (κ1) is 16.9. The Morgan fingerprint density at radius 3 is 2.24 bits per heavy atom. The molecule has 21 heavy (non-hydrogen) atoms. The molecule has 1 aliphatic rings. The molecule has 3 nitrogen and oxygen atoms in total. The Morgan fingerprint density at radius 2 is 1.67 bits per heavy atom. The van der Waals surface area contributed by atoms with Gasteiger partial charge in [-0.3, -0.25) is 0 Å². The predicted molar refractivity (Wildman–Crippen MR) is 93.4 cm³/mol. The number of fused-ring (bicyclic) bond motifs is 1. The fraction of sp³-hybridized carbons (Fsp3) is 0.647. The van der Waals surface area contributed by atoms with Crippen molar-refractivity contribution in [3.05, 3.63) is 20.8 Å². The monoisotopic (exact) mass is 404 g/mol. The summed E-state index contributed by atoms with van der Waals surface area (Å²) in [4.78, 5) is 0. The van der Waals surface area contributed by atoms with E-state index in [1.54, 1.807) is 0 Å². The molecular weight excluding hydrogens is 379 g/mol. The van der Waals surface area contributed by atoms with E-state index in [2.05, 4.69) is 36.4 Å². The molecule has 0 saturated carbocycles. The van der Waals surface area contributed by atoms with Gasteiger partial charge in [-0.25, -0.2) is 0 Å². The van der Waals surface area contributed by atoms with Crippen LogP contribution in [0.5, 0.6) is 11.5 Å². The summed E-state index contributed by atoms with van der Waals surface area (Å²) in [7, 11) is 0. The van der Waals surface area contributed by atoms with Crippen LogP contribution in [0.2, 0.25) is 0 Å². The number of benzene rings is 1. The van der Waals surface area contributed by atoms with Gasteiger partial charge in [-0.15, -0.1) is 0 Å². The number of hydrogen-bond donors (Lipinski definition) is 0. The first-order chi connectivity index (χ1) is 9.79. The summed E-state index contributed by atoms with van der Waals surface area (Å²) in [5.41, 5.74) is 2.50. The topological polar surface area (TPSA) is 27.7 Å². The molecule has 1 aromatic carbocycles. The van der Waals surface area contributed by atoms with Crippen LogP contribution in [-0.4, -0.2) is 18.3 Å². The zero-order valence-electron chi connectivity index (χ0n) is 13.7. The molecule has 1 heterocycles. The minimum absolute atomic E-state index is 0.0547. The van der Waals surface area contributed by atoms with Crippen molar-refractivity contribution in [3.63, 3.8) is 0 Å². The van der Waals surface area contributed by atoms with Gasteiger partial charge < -0.3 is 14.2 Å². The highest BCUT2D eigenvalue weighted by molar-refractivity contribution is 14.1. The molecule has 0 fully saturated rings. The Balaban J connectivity index is 2.55. The van der Waals surface area contributed by atoms with Gasteiger partial charge >= 0.3 is 0 Å². The van der Waals surface area contributed by atoms with Gasteiger partial charge in [-0.05, 0) is 69.7 Å². The molecule has 0 radical (unpaired) electrons. The molecule has 0 bridgehead atoms. The Labute approximate surface area is 141 Å². The van der Waals surface area contributed by atoms with Crippen molar-refractivity contribution in [2.45, 2.75) is 72.4 Å². The quantitative estimate of drug-likeness (QED) is 0.669. The van der Waals surface area contributed by atoms with Gasteiger partial charge in [-0.1, -0.05) is 0 Å². The summed E-state index contributed by atoms with van der Waals surface area (Å²) < 4.78 is 19.2. The zero-order chi connectivity index (χ0) is 15.7. The molecule has 0 aromatic heterocycles. The van der Waals surface area contributed by atoms with Gasteiger partial charge in [0.25, 0.3) is 0 Å². The Morgan fingerprint density at radius 1 is 1.10 bits per heavy atom. The summed E-state index contributed by atoms with van der Waals surface area (Å²) in [6, 6.07) is 2.02. The van der Waals surface area contributed by atoms with Crippen LogP contribution < -0.4 is 9.47 Å². The van der Waals surface area contributed by atoms with Gasteiger partial charge in [0, 0.05) is 18.1 Å². The molecule has 0 N–H and O–H groups in total. The number of ether oxygens (including phenoxy) is 3. The van der Waals surface area contributed by atoms with Crippen molar-refractivity contribution in [2.24, 2.45) is 0 Å². The predicted octanol–water partition coefficient (Wildman–Crippen LogP) is 4.89. The lowest BCUT2D eigenvalue weighted by atomic mass is 9.94. The van der Waals surface area contributed by atoms with Crippen LogP contribution in [0.1, 0.15) is 58.8 Å². The highest BCUT2D eigenvalue weighted by Crippen LogP contribution is 2.43. The second kappa shape index (κ2) is 6.73. The number of halogens is 1. The maximum absolute atomic E-state index is 6.03. The molecule has 0 unspecified atom stereocenters. The van der Waals surface area contributed by atoms with Crippen molar-refractivity contribution < 1.29 is 14.2 Å². The van der Waals surface area contributed by atoms with Crippen LogP contribution in [0.4, 0.5) is 0 Å². The van der Waals surface area contributed by atoms with Gasteiger partial charge in [0.1, 0.15) is 11.5 Å². The van der Waals surface area contributed by atoms with Gasteiger partial charge in [0.05, 0.1) is 28.0 Å². The van der Waals surface area contributed by atoms with Gasteiger partial charge in [0.2, 0.25) is 0 Å². The van der Waals surface area contributed by atoms with E-state index in [-0.39, 0.29) is 24.4 Å². The Bertz CT molecular complexity index is 511. The minimum atomic E-state index is 0.0547. The highest BCUT2D eigenvalue weighted by atomic mass is 127. The number of rotatable bonds is 4. The smallest absolute Gasteiger partial charge is 0.137 e. The molecule has 1 aliphatic heterocycles. The Hall–Kier alpha value is -0.490. The second-order valence-electron chi connectivity index (χ2n) is 6.21. The van der Waals surface area contributed by atoms with E-state index >= 15 is 0 Å². The zero-order valence-corrected chi connectivity index (χ0v) is 15.9. The average molecular weight is 404 g/mol.